The van der Waals surface area contributed by atoms with Crippen molar-refractivity contribution in [2.75, 3.05) is 18.6 Å². The molecule has 98 valence electrons. The van der Waals surface area contributed by atoms with Gasteiger partial charge in [-0.2, -0.15) is 5.26 Å². The molecule has 0 fully saturated rings. The largest absolute Gasteiger partial charge is 0.260 e. The lowest BCUT2D eigenvalue weighted by molar-refractivity contribution is 0.580. The van der Waals surface area contributed by atoms with Crippen LogP contribution in [0.3, 0.4) is 0 Å². The van der Waals surface area contributed by atoms with E-state index >= 15 is 0 Å². The summed E-state index contributed by atoms with van der Waals surface area (Å²) in [5, 5.41) is 8.55. The van der Waals surface area contributed by atoms with E-state index in [0.717, 1.165) is 6.20 Å². The van der Waals surface area contributed by atoms with Gasteiger partial charge in [0.25, 0.3) is 0 Å². The molecule has 0 aliphatic rings. The number of hydrogen-bond acceptors (Lipinski definition) is 5. The second kappa shape index (κ2) is 6.58. The van der Waals surface area contributed by atoms with E-state index in [9.17, 15) is 12.6 Å². The van der Waals surface area contributed by atoms with Gasteiger partial charge < -0.3 is 0 Å². The summed E-state index contributed by atoms with van der Waals surface area (Å²) in [4.78, 5) is 3.70. The van der Waals surface area contributed by atoms with Gasteiger partial charge in [0, 0.05) is 35.5 Å². The van der Waals surface area contributed by atoms with Crippen molar-refractivity contribution in [1.82, 2.24) is 9.71 Å². The van der Waals surface area contributed by atoms with Crippen LogP contribution in [0.25, 0.3) is 0 Å². The van der Waals surface area contributed by atoms with Gasteiger partial charge in [-0.1, -0.05) is 0 Å². The summed E-state index contributed by atoms with van der Waals surface area (Å²) in [6.45, 7) is 0.224. The minimum Gasteiger partial charge on any atom is -0.260 e. The number of nitriles is 1. The van der Waals surface area contributed by atoms with Crippen LogP contribution in [0.2, 0.25) is 0 Å². The summed E-state index contributed by atoms with van der Waals surface area (Å²) in [5.74, 6) is 0.453. The van der Waals surface area contributed by atoms with Crippen LogP contribution in [-0.2, 0) is 20.8 Å². The highest BCUT2D eigenvalue weighted by molar-refractivity contribution is 7.89. The van der Waals surface area contributed by atoms with Gasteiger partial charge in [-0.3, -0.25) is 4.21 Å². The Labute approximate surface area is 109 Å². The number of nitrogens with one attached hydrogen (secondary N) is 1. The molecule has 0 bridgehead atoms. The van der Waals surface area contributed by atoms with Gasteiger partial charge in [0.05, 0.1) is 0 Å². The van der Waals surface area contributed by atoms with E-state index in [2.05, 4.69) is 9.71 Å². The summed E-state index contributed by atoms with van der Waals surface area (Å²) >= 11 is 0. The molecule has 0 spiro atoms. The highest BCUT2D eigenvalue weighted by atomic mass is 32.2. The third-order valence-corrected chi connectivity index (χ3v) is 4.37. The van der Waals surface area contributed by atoms with Crippen molar-refractivity contribution in [1.29, 1.82) is 5.26 Å². The number of sulfonamides is 1. The average Bonchev–Trinajstić information content (AvgIpc) is 2.34. The van der Waals surface area contributed by atoms with Crippen molar-refractivity contribution in [2.24, 2.45) is 0 Å². The fourth-order valence-electron chi connectivity index (χ4n) is 1.17. The van der Waals surface area contributed by atoms with Crippen molar-refractivity contribution in [3.05, 3.63) is 24.0 Å². The number of nitrogens with zero attached hydrogens (tertiary/aromatic N) is 2. The van der Waals surface area contributed by atoms with Crippen LogP contribution in [0, 0.1) is 11.3 Å². The van der Waals surface area contributed by atoms with Crippen LogP contribution in [0.4, 0.5) is 0 Å². The molecule has 8 heteroatoms. The quantitative estimate of drug-likeness (QED) is 0.742. The minimum absolute atomic E-state index is 0.0131. The molecule has 18 heavy (non-hydrogen) atoms. The topological polar surface area (TPSA) is 99.9 Å². The summed E-state index contributed by atoms with van der Waals surface area (Å²) in [5.41, 5.74) is 0.162. The Hall–Kier alpha value is -1.30. The van der Waals surface area contributed by atoms with Crippen LogP contribution in [0.5, 0.6) is 0 Å². The minimum atomic E-state index is -3.60. The Morgan fingerprint density at radius 2 is 2.22 bits per heavy atom. The summed E-state index contributed by atoms with van der Waals surface area (Å²) in [6.07, 6.45) is 3.21. The van der Waals surface area contributed by atoms with Crippen molar-refractivity contribution >= 4 is 20.8 Å². The summed E-state index contributed by atoms with van der Waals surface area (Å²) in [7, 11) is -4.53. The van der Waals surface area contributed by atoms with E-state index in [1.54, 1.807) is 6.26 Å². The zero-order chi connectivity index (χ0) is 13.6. The predicted octanol–water partition coefficient (Wildman–Crippen LogP) is 0.000180. The lowest BCUT2D eigenvalue weighted by atomic mass is 10.4. The molecule has 1 unspecified atom stereocenters. The van der Waals surface area contributed by atoms with Crippen molar-refractivity contribution in [3.8, 4) is 6.07 Å². The molecule has 1 heterocycles. The monoisotopic (exact) mass is 287 g/mol. The number of rotatable bonds is 6. The Balaban J connectivity index is 2.63. The third-order valence-electron chi connectivity index (χ3n) is 2.06. The number of aromatic nitrogens is 1. The Kier molecular flexibility index (Phi) is 5.40. The second-order valence-electron chi connectivity index (χ2n) is 3.52. The lowest BCUT2D eigenvalue weighted by Gasteiger charge is -2.05. The standard InChI is InChI=1S/C10H13N3O3S2/c1-17(14)6-2-5-13-18(15,16)10-4-3-9(7-11)12-8-10/h3-4,8,13H,2,5-6H2,1H3. The molecule has 0 aromatic carbocycles. The van der Waals surface area contributed by atoms with Gasteiger partial charge in [0.2, 0.25) is 10.0 Å². The molecule has 1 atom stereocenters. The molecule has 0 saturated heterocycles. The molecular formula is C10H13N3O3S2. The van der Waals surface area contributed by atoms with Crippen LogP contribution in [-0.4, -0.2) is 36.2 Å². The molecule has 0 aliphatic carbocycles. The lowest BCUT2D eigenvalue weighted by Crippen LogP contribution is -2.25. The van der Waals surface area contributed by atoms with Crippen LogP contribution in [0.15, 0.2) is 23.2 Å². The fraction of sp³-hybridized carbons (Fsp3) is 0.400. The third kappa shape index (κ3) is 4.52. The highest BCUT2D eigenvalue weighted by Crippen LogP contribution is 2.07. The van der Waals surface area contributed by atoms with E-state index in [1.165, 1.54) is 12.1 Å². The maximum Gasteiger partial charge on any atom is 0.242 e. The van der Waals surface area contributed by atoms with Gasteiger partial charge in [-0.15, -0.1) is 0 Å². The van der Waals surface area contributed by atoms with E-state index in [1.807, 2.05) is 6.07 Å². The SMILES string of the molecule is CS(=O)CCCNS(=O)(=O)c1ccc(C#N)nc1. The van der Waals surface area contributed by atoms with Gasteiger partial charge in [-0.05, 0) is 18.6 Å². The Bertz CT molecular complexity index is 561. The van der Waals surface area contributed by atoms with Crippen LogP contribution < -0.4 is 4.72 Å². The second-order valence-corrected chi connectivity index (χ2v) is 6.84. The summed E-state index contributed by atoms with van der Waals surface area (Å²) in [6, 6.07) is 4.48. The van der Waals surface area contributed by atoms with E-state index in [0.29, 0.717) is 12.2 Å². The molecular weight excluding hydrogens is 274 g/mol. The molecule has 0 saturated carbocycles. The molecule has 0 amide bonds. The first-order chi connectivity index (χ1) is 8.45. The zero-order valence-corrected chi connectivity index (χ0v) is 11.4. The number of pyridine rings is 1. The van der Waals surface area contributed by atoms with E-state index in [-0.39, 0.29) is 17.1 Å². The van der Waals surface area contributed by atoms with Gasteiger partial charge in [-0.25, -0.2) is 18.1 Å². The molecule has 1 rings (SSSR count). The predicted molar refractivity (Wildman–Crippen MR) is 67.7 cm³/mol. The maximum atomic E-state index is 11.8. The molecule has 1 aromatic rings. The summed E-state index contributed by atoms with van der Waals surface area (Å²) < 4.78 is 36.7. The normalized spacial score (nSPS) is 12.9. The number of hydrogen-bond donors (Lipinski definition) is 1. The molecule has 1 N–H and O–H groups in total. The highest BCUT2D eigenvalue weighted by Gasteiger charge is 2.13. The molecule has 0 radical (unpaired) electrons. The average molecular weight is 287 g/mol. The maximum absolute atomic E-state index is 11.8. The first-order valence-corrected chi connectivity index (χ1v) is 8.32. The molecule has 6 nitrogen and oxygen atoms in total. The smallest absolute Gasteiger partial charge is 0.242 e. The zero-order valence-electron chi connectivity index (χ0n) is 9.79. The molecule has 1 aromatic heterocycles. The van der Waals surface area contributed by atoms with Crippen molar-refractivity contribution < 1.29 is 12.6 Å². The Morgan fingerprint density at radius 3 is 2.72 bits per heavy atom. The van der Waals surface area contributed by atoms with Gasteiger partial charge in [0.15, 0.2) is 0 Å². The van der Waals surface area contributed by atoms with Gasteiger partial charge in [0.1, 0.15) is 16.7 Å². The first-order valence-electron chi connectivity index (χ1n) is 5.11. The first kappa shape index (κ1) is 14.8. The van der Waals surface area contributed by atoms with E-state index < -0.39 is 20.8 Å². The van der Waals surface area contributed by atoms with E-state index in [4.69, 9.17) is 5.26 Å². The van der Waals surface area contributed by atoms with Crippen LogP contribution in [0.1, 0.15) is 12.1 Å². The Morgan fingerprint density at radius 1 is 1.50 bits per heavy atom. The van der Waals surface area contributed by atoms with Gasteiger partial charge >= 0.3 is 0 Å². The fourth-order valence-corrected chi connectivity index (χ4v) is 2.74. The van der Waals surface area contributed by atoms with Crippen molar-refractivity contribution in [2.45, 2.75) is 11.3 Å². The molecule has 0 aliphatic heterocycles. The van der Waals surface area contributed by atoms with Crippen molar-refractivity contribution in [3.63, 3.8) is 0 Å². The van der Waals surface area contributed by atoms with Crippen LogP contribution >= 0.6 is 0 Å².